The molecule has 1 saturated heterocycles. The van der Waals surface area contributed by atoms with Crippen LogP contribution in [-0.2, 0) is 9.31 Å². The van der Waals surface area contributed by atoms with Crippen LogP contribution >= 0.6 is 0 Å². The van der Waals surface area contributed by atoms with E-state index in [-0.39, 0.29) is 18.3 Å². The van der Waals surface area contributed by atoms with Crippen molar-refractivity contribution in [1.82, 2.24) is 0 Å². The average molecular weight is 250 g/mol. The van der Waals surface area contributed by atoms with Crippen LogP contribution in [0, 0.1) is 5.92 Å². The first kappa shape index (κ1) is 14.1. The van der Waals surface area contributed by atoms with Gasteiger partial charge < -0.3 is 9.31 Å². The van der Waals surface area contributed by atoms with E-state index in [0.29, 0.717) is 0 Å². The molecule has 18 heavy (non-hydrogen) atoms. The van der Waals surface area contributed by atoms with Gasteiger partial charge in [-0.2, -0.15) is 0 Å². The minimum Gasteiger partial charge on any atom is -0.400 e. The van der Waals surface area contributed by atoms with Gasteiger partial charge >= 0.3 is 7.12 Å². The van der Waals surface area contributed by atoms with E-state index in [9.17, 15) is 0 Å². The maximum absolute atomic E-state index is 6.08. The fourth-order valence-corrected chi connectivity index (χ4v) is 2.78. The van der Waals surface area contributed by atoms with Crippen LogP contribution in [0.25, 0.3) is 0 Å². The normalized spacial score (nSPS) is 28.7. The third-order valence-electron chi connectivity index (χ3n) is 4.77. The highest BCUT2D eigenvalue weighted by molar-refractivity contribution is 6.54. The van der Waals surface area contributed by atoms with Crippen LogP contribution in [0.5, 0.6) is 0 Å². The van der Waals surface area contributed by atoms with E-state index in [4.69, 9.17) is 9.31 Å². The fraction of sp³-hybridized carbons (Fsp3) is 0.867. The SMILES string of the molecule is CC(=CC1CCCCC1)B1OC(C)(C)C(C)(C)O1. The molecule has 2 rings (SSSR count). The molecule has 2 aliphatic rings. The van der Waals surface area contributed by atoms with Crippen LogP contribution in [0.2, 0.25) is 0 Å². The lowest BCUT2D eigenvalue weighted by molar-refractivity contribution is 0.00578. The molecule has 0 radical (unpaired) electrons. The molecule has 0 N–H and O–H groups in total. The van der Waals surface area contributed by atoms with Crippen molar-refractivity contribution in [2.45, 2.75) is 77.9 Å². The second-order valence-electron chi connectivity index (χ2n) is 6.90. The Kier molecular flexibility index (Phi) is 3.94. The van der Waals surface area contributed by atoms with E-state index in [1.54, 1.807) is 0 Å². The molecular weight excluding hydrogens is 223 g/mol. The van der Waals surface area contributed by atoms with Gasteiger partial charge in [0.05, 0.1) is 11.2 Å². The summed E-state index contributed by atoms with van der Waals surface area (Å²) in [7, 11) is -0.156. The molecule has 2 nitrogen and oxygen atoms in total. The third-order valence-corrected chi connectivity index (χ3v) is 4.77. The van der Waals surface area contributed by atoms with Gasteiger partial charge in [0.25, 0.3) is 0 Å². The molecule has 0 amide bonds. The first-order chi connectivity index (χ1) is 8.32. The smallest absolute Gasteiger partial charge is 0.400 e. The minimum absolute atomic E-state index is 0.156. The van der Waals surface area contributed by atoms with E-state index in [1.807, 2.05) is 0 Å². The predicted molar refractivity (Wildman–Crippen MR) is 76.4 cm³/mol. The molecule has 1 aliphatic heterocycles. The molecule has 0 bridgehead atoms. The highest BCUT2D eigenvalue weighted by Crippen LogP contribution is 2.39. The summed E-state index contributed by atoms with van der Waals surface area (Å²) in [5.74, 6) is 0.734. The molecule has 0 atom stereocenters. The average Bonchev–Trinajstić information content (AvgIpc) is 2.50. The number of rotatable bonds is 2. The zero-order chi connectivity index (χ0) is 13.4. The van der Waals surface area contributed by atoms with E-state index in [2.05, 4.69) is 40.7 Å². The first-order valence-corrected chi connectivity index (χ1v) is 7.36. The first-order valence-electron chi connectivity index (χ1n) is 7.36. The van der Waals surface area contributed by atoms with Gasteiger partial charge in [-0.1, -0.05) is 25.3 Å². The Hall–Kier alpha value is -0.275. The van der Waals surface area contributed by atoms with Gasteiger partial charge in [-0.3, -0.25) is 0 Å². The van der Waals surface area contributed by atoms with Crippen molar-refractivity contribution in [3.8, 4) is 0 Å². The summed E-state index contributed by atoms with van der Waals surface area (Å²) in [6.07, 6.45) is 9.20. The summed E-state index contributed by atoms with van der Waals surface area (Å²) in [6, 6.07) is 0. The molecule has 0 unspecified atom stereocenters. The molecule has 1 saturated carbocycles. The van der Waals surface area contributed by atoms with Gasteiger partial charge in [-0.15, -0.1) is 0 Å². The summed E-state index contributed by atoms with van der Waals surface area (Å²) < 4.78 is 12.2. The van der Waals surface area contributed by atoms with Crippen molar-refractivity contribution in [3.63, 3.8) is 0 Å². The van der Waals surface area contributed by atoms with Gasteiger partial charge in [0, 0.05) is 0 Å². The molecule has 102 valence electrons. The van der Waals surface area contributed by atoms with E-state index in [0.717, 1.165) is 5.92 Å². The highest BCUT2D eigenvalue weighted by Gasteiger charge is 2.51. The number of hydrogen-bond donors (Lipinski definition) is 0. The highest BCUT2D eigenvalue weighted by atomic mass is 16.7. The van der Waals surface area contributed by atoms with E-state index in [1.165, 1.54) is 37.6 Å². The molecule has 0 aromatic heterocycles. The summed E-state index contributed by atoms with van der Waals surface area (Å²) in [6.45, 7) is 10.6. The second-order valence-corrected chi connectivity index (χ2v) is 6.90. The maximum atomic E-state index is 6.08. The molecule has 0 spiro atoms. The Labute approximate surface area is 112 Å². The fourth-order valence-electron chi connectivity index (χ4n) is 2.78. The van der Waals surface area contributed by atoms with Gasteiger partial charge in [0.1, 0.15) is 0 Å². The van der Waals surface area contributed by atoms with Crippen LogP contribution in [0.4, 0.5) is 0 Å². The van der Waals surface area contributed by atoms with E-state index >= 15 is 0 Å². The van der Waals surface area contributed by atoms with Gasteiger partial charge in [0.15, 0.2) is 0 Å². The lowest BCUT2D eigenvalue weighted by Crippen LogP contribution is -2.41. The lowest BCUT2D eigenvalue weighted by atomic mass is 9.75. The topological polar surface area (TPSA) is 18.5 Å². The molecule has 1 aliphatic carbocycles. The lowest BCUT2D eigenvalue weighted by Gasteiger charge is -2.32. The molecule has 0 aromatic rings. The summed E-state index contributed by atoms with van der Waals surface area (Å²) in [5.41, 5.74) is 0.805. The van der Waals surface area contributed by atoms with Crippen LogP contribution in [-0.4, -0.2) is 18.3 Å². The zero-order valence-electron chi connectivity index (χ0n) is 12.6. The van der Waals surface area contributed by atoms with Crippen molar-refractivity contribution in [2.75, 3.05) is 0 Å². The van der Waals surface area contributed by atoms with Crippen molar-refractivity contribution in [2.24, 2.45) is 5.92 Å². The summed E-state index contributed by atoms with van der Waals surface area (Å²) in [4.78, 5) is 0. The predicted octanol–water partition coefficient (Wildman–Crippen LogP) is 4.14. The monoisotopic (exact) mass is 250 g/mol. The second kappa shape index (κ2) is 5.01. The number of allylic oxidation sites excluding steroid dienone is 2. The van der Waals surface area contributed by atoms with Crippen LogP contribution in [0.15, 0.2) is 11.5 Å². The van der Waals surface area contributed by atoms with Crippen molar-refractivity contribution >= 4 is 7.12 Å². The molecule has 3 heteroatoms. The largest absolute Gasteiger partial charge is 0.489 e. The van der Waals surface area contributed by atoms with Gasteiger partial charge in [-0.05, 0) is 58.9 Å². The molecule has 0 aromatic carbocycles. The van der Waals surface area contributed by atoms with Crippen LogP contribution in [0.1, 0.15) is 66.7 Å². The molecule has 2 fully saturated rings. The summed E-state index contributed by atoms with van der Waals surface area (Å²) >= 11 is 0. The standard InChI is InChI=1S/C15H27BO2/c1-12(11-13-9-7-6-8-10-13)16-17-14(2,3)15(4,5)18-16/h11,13H,6-10H2,1-5H3. The Morgan fingerprint density at radius 3 is 2.00 bits per heavy atom. The third kappa shape index (κ3) is 2.83. The van der Waals surface area contributed by atoms with Crippen molar-refractivity contribution < 1.29 is 9.31 Å². The zero-order valence-corrected chi connectivity index (χ0v) is 12.6. The molecular formula is C15H27BO2. The quantitative estimate of drug-likeness (QED) is 0.685. The maximum Gasteiger partial charge on any atom is 0.489 e. The summed E-state index contributed by atoms with van der Waals surface area (Å²) in [5, 5.41) is 0. The Balaban J connectivity index is 2.02. The Bertz CT molecular complexity index is 311. The van der Waals surface area contributed by atoms with Crippen LogP contribution in [0.3, 0.4) is 0 Å². The molecule has 1 heterocycles. The van der Waals surface area contributed by atoms with Crippen molar-refractivity contribution in [3.05, 3.63) is 11.5 Å². The van der Waals surface area contributed by atoms with Crippen molar-refractivity contribution in [1.29, 1.82) is 0 Å². The Morgan fingerprint density at radius 2 is 1.50 bits per heavy atom. The van der Waals surface area contributed by atoms with Crippen LogP contribution < -0.4 is 0 Å². The van der Waals surface area contributed by atoms with E-state index < -0.39 is 0 Å². The minimum atomic E-state index is -0.223. The number of hydrogen-bond acceptors (Lipinski definition) is 2. The Morgan fingerprint density at radius 1 is 1.00 bits per heavy atom. The van der Waals surface area contributed by atoms with Gasteiger partial charge in [0.2, 0.25) is 0 Å². The van der Waals surface area contributed by atoms with Gasteiger partial charge in [-0.25, -0.2) is 0 Å².